The smallest absolute Gasteiger partial charge is 0.411 e. The van der Waals surface area contributed by atoms with Crippen molar-refractivity contribution in [2.75, 3.05) is 25.1 Å². The van der Waals surface area contributed by atoms with Crippen molar-refractivity contribution in [1.82, 2.24) is 0 Å². The molecule has 0 radical (unpaired) electrons. The molecule has 8 heteroatoms. The van der Waals surface area contributed by atoms with Crippen molar-refractivity contribution < 1.29 is 27.4 Å². The van der Waals surface area contributed by atoms with E-state index in [4.69, 9.17) is 4.74 Å². The van der Waals surface area contributed by atoms with Crippen LogP contribution >= 0.6 is 15.9 Å². The molecule has 1 aromatic rings. The van der Waals surface area contributed by atoms with Gasteiger partial charge in [-0.05, 0) is 17.7 Å². The van der Waals surface area contributed by atoms with Crippen LogP contribution in [0.1, 0.15) is 10.4 Å². The van der Waals surface area contributed by atoms with Crippen LogP contribution in [-0.2, 0) is 9.53 Å². The van der Waals surface area contributed by atoms with Gasteiger partial charge in [0.05, 0.1) is 17.1 Å². The summed E-state index contributed by atoms with van der Waals surface area (Å²) < 4.78 is 45.7. The Morgan fingerprint density at radius 2 is 2.20 bits per heavy atom. The molecule has 20 heavy (non-hydrogen) atoms. The number of hydrogen-bond donors (Lipinski definition) is 1. The third-order valence-corrected chi connectivity index (χ3v) is 3.32. The summed E-state index contributed by atoms with van der Waals surface area (Å²) >= 11 is 3.25. The second-order valence-electron chi connectivity index (χ2n) is 4.19. The molecule has 1 aromatic carbocycles. The molecule has 0 saturated carbocycles. The molecule has 1 heterocycles. The zero-order valence-corrected chi connectivity index (χ0v) is 11.8. The van der Waals surface area contributed by atoms with Crippen molar-refractivity contribution in [3.8, 4) is 5.75 Å². The van der Waals surface area contributed by atoms with Crippen LogP contribution in [0.25, 0.3) is 0 Å². The zero-order valence-electron chi connectivity index (χ0n) is 10.2. The number of nitrogens with one attached hydrogen (secondary N) is 1. The highest BCUT2D eigenvalue weighted by Gasteiger charge is 2.28. The number of halogens is 4. The van der Waals surface area contributed by atoms with Gasteiger partial charge in [0.15, 0.2) is 6.61 Å². The Morgan fingerprint density at radius 3 is 2.90 bits per heavy atom. The molecule has 1 atom stereocenters. The average Bonchev–Trinajstić information content (AvgIpc) is 2.36. The summed E-state index contributed by atoms with van der Waals surface area (Å²) in [6.45, 7) is -1.47. The van der Waals surface area contributed by atoms with E-state index in [1.165, 1.54) is 0 Å². The number of fused-ring (bicyclic) bond motifs is 1. The Morgan fingerprint density at radius 1 is 1.45 bits per heavy atom. The molecule has 0 aromatic heterocycles. The Hall–Kier alpha value is -1.28. The molecule has 0 fully saturated rings. The maximum atomic E-state index is 12.0. The summed E-state index contributed by atoms with van der Waals surface area (Å²) in [4.78, 5) is 10.8. The first-order valence-corrected chi connectivity index (χ1v) is 6.62. The number of benzene rings is 1. The molecule has 1 amide bonds. The molecule has 1 aliphatic heterocycles. The van der Waals surface area contributed by atoms with Crippen molar-refractivity contribution >= 4 is 27.5 Å². The van der Waals surface area contributed by atoms with Crippen molar-refractivity contribution in [1.29, 1.82) is 0 Å². The van der Waals surface area contributed by atoms with E-state index in [0.717, 1.165) is 0 Å². The molecule has 4 nitrogen and oxygen atoms in total. The minimum Gasteiger partial charge on any atom is -0.482 e. The van der Waals surface area contributed by atoms with E-state index in [0.29, 0.717) is 17.0 Å². The Balaban J connectivity index is 1.98. The minimum absolute atomic E-state index is 0.0429. The van der Waals surface area contributed by atoms with E-state index in [1.807, 2.05) is 0 Å². The van der Waals surface area contributed by atoms with Crippen molar-refractivity contribution in [3.05, 3.63) is 23.8 Å². The van der Waals surface area contributed by atoms with Crippen molar-refractivity contribution in [2.45, 2.75) is 11.0 Å². The van der Waals surface area contributed by atoms with Gasteiger partial charge in [-0.1, -0.05) is 22.0 Å². The van der Waals surface area contributed by atoms with Crippen LogP contribution in [0.3, 0.4) is 0 Å². The lowest BCUT2D eigenvalue weighted by atomic mass is 10.1. The normalized spacial score (nSPS) is 16.1. The fourth-order valence-corrected chi connectivity index (χ4v) is 2.14. The van der Waals surface area contributed by atoms with Crippen LogP contribution in [0, 0.1) is 0 Å². The maximum Gasteiger partial charge on any atom is 0.411 e. The second-order valence-corrected chi connectivity index (χ2v) is 5.30. The Bertz CT molecular complexity index is 507. The number of alkyl halides is 4. The summed E-state index contributed by atoms with van der Waals surface area (Å²) in [5.41, 5.74) is 1.19. The highest BCUT2D eigenvalue weighted by molar-refractivity contribution is 9.09. The largest absolute Gasteiger partial charge is 0.482 e. The fourth-order valence-electron chi connectivity index (χ4n) is 1.67. The summed E-state index contributed by atoms with van der Waals surface area (Å²) in [6.07, 6.45) is -4.34. The van der Waals surface area contributed by atoms with Crippen LogP contribution < -0.4 is 10.1 Å². The topological polar surface area (TPSA) is 47.6 Å². The summed E-state index contributed by atoms with van der Waals surface area (Å²) in [7, 11) is 0. The summed E-state index contributed by atoms with van der Waals surface area (Å²) in [5.74, 6) is 0.262. The molecule has 0 aliphatic carbocycles. The van der Waals surface area contributed by atoms with Gasteiger partial charge >= 0.3 is 6.18 Å². The SMILES string of the molecule is O=C1COc2ccc(C(Br)COCC(F)(F)F)cc2N1. The number of anilines is 1. The molecule has 110 valence electrons. The molecular weight excluding hydrogens is 343 g/mol. The van der Waals surface area contributed by atoms with Crippen LogP contribution in [0.2, 0.25) is 0 Å². The van der Waals surface area contributed by atoms with Gasteiger partial charge in [-0.15, -0.1) is 0 Å². The highest BCUT2D eigenvalue weighted by Crippen LogP contribution is 2.33. The third kappa shape index (κ3) is 4.11. The van der Waals surface area contributed by atoms with Gasteiger partial charge in [-0.3, -0.25) is 4.79 Å². The average molecular weight is 354 g/mol. The lowest BCUT2D eigenvalue weighted by Gasteiger charge is -2.20. The van der Waals surface area contributed by atoms with Gasteiger partial charge < -0.3 is 14.8 Å². The van der Waals surface area contributed by atoms with Crippen molar-refractivity contribution in [2.24, 2.45) is 0 Å². The quantitative estimate of drug-likeness (QED) is 0.846. The number of amides is 1. The lowest BCUT2D eigenvalue weighted by molar-refractivity contribution is -0.173. The molecule has 1 N–H and O–H groups in total. The van der Waals surface area contributed by atoms with Gasteiger partial charge in [-0.2, -0.15) is 13.2 Å². The molecule has 0 spiro atoms. The second kappa shape index (κ2) is 6.01. The van der Waals surface area contributed by atoms with Crippen LogP contribution in [0.15, 0.2) is 18.2 Å². The first-order chi connectivity index (χ1) is 9.35. The highest BCUT2D eigenvalue weighted by atomic mass is 79.9. The van der Waals surface area contributed by atoms with E-state index in [1.54, 1.807) is 18.2 Å². The summed E-state index contributed by atoms with van der Waals surface area (Å²) in [6, 6.07) is 5.00. The van der Waals surface area contributed by atoms with Crippen molar-refractivity contribution in [3.63, 3.8) is 0 Å². The number of carbonyl (C=O) groups is 1. The van der Waals surface area contributed by atoms with Gasteiger partial charge in [0.25, 0.3) is 5.91 Å². The first-order valence-electron chi connectivity index (χ1n) is 5.70. The molecule has 0 bridgehead atoms. The fraction of sp³-hybridized carbons (Fsp3) is 0.417. The molecule has 1 aliphatic rings. The molecular formula is C12H11BrF3NO3. The Kier molecular flexibility index (Phi) is 4.54. The standard InChI is InChI=1S/C12H11BrF3NO3/c13-8(4-19-6-12(14,15)16)7-1-2-10-9(3-7)17-11(18)5-20-10/h1-3,8H,4-6H2,(H,17,18). The number of carbonyl (C=O) groups excluding carboxylic acids is 1. The van der Waals surface area contributed by atoms with E-state index in [9.17, 15) is 18.0 Å². The first kappa shape index (κ1) is 15.1. The molecule has 2 rings (SSSR count). The number of hydrogen-bond acceptors (Lipinski definition) is 3. The van der Waals surface area contributed by atoms with E-state index in [2.05, 4.69) is 26.0 Å². The third-order valence-electron chi connectivity index (χ3n) is 2.53. The van der Waals surface area contributed by atoms with Crippen LogP contribution in [-0.4, -0.2) is 31.9 Å². The maximum absolute atomic E-state index is 12.0. The number of rotatable bonds is 4. The van der Waals surface area contributed by atoms with Gasteiger partial charge in [0, 0.05) is 0 Å². The van der Waals surface area contributed by atoms with E-state index >= 15 is 0 Å². The van der Waals surface area contributed by atoms with Gasteiger partial charge in [-0.25, -0.2) is 0 Å². The Labute approximate surface area is 121 Å². The summed E-state index contributed by atoms with van der Waals surface area (Å²) in [5, 5.41) is 2.63. The monoisotopic (exact) mass is 353 g/mol. The predicted molar refractivity (Wildman–Crippen MR) is 69.1 cm³/mol. The minimum atomic E-state index is -4.34. The van der Waals surface area contributed by atoms with Gasteiger partial charge in [0.2, 0.25) is 0 Å². The zero-order chi connectivity index (χ0) is 14.8. The molecule has 1 unspecified atom stereocenters. The predicted octanol–water partition coefficient (Wildman–Crippen LogP) is 3.03. The van der Waals surface area contributed by atoms with E-state index < -0.39 is 17.6 Å². The van der Waals surface area contributed by atoms with Crippen LogP contribution in [0.5, 0.6) is 5.75 Å². The van der Waals surface area contributed by atoms with Crippen LogP contribution in [0.4, 0.5) is 18.9 Å². The van der Waals surface area contributed by atoms with E-state index in [-0.39, 0.29) is 19.1 Å². The lowest BCUT2D eigenvalue weighted by Crippen LogP contribution is -2.25. The number of ether oxygens (including phenoxy) is 2. The van der Waals surface area contributed by atoms with Gasteiger partial charge in [0.1, 0.15) is 12.4 Å². The molecule has 0 saturated heterocycles.